The molecule has 2 aliphatic heterocycles. The molecule has 9 heteroatoms. The van der Waals surface area contributed by atoms with Crippen molar-refractivity contribution in [3.8, 4) is 0 Å². The highest BCUT2D eigenvalue weighted by Gasteiger charge is 2.41. The van der Waals surface area contributed by atoms with E-state index in [1.807, 2.05) is 37.3 Å². The third-order valence-electron chi connectivity index (χ3n) is 7.16. The molecule has 7 nitrogen and oxygen atoms in total. The van der Waals surface area contributed by atoms with Gasteiger partial charge < -0.3 is 19.7 Å². The van der Waals surface area contributed by atoms with Crippen LogP contribution in [-0.2, 0) is 31.6 Å². The van der Waals surface area contributed by atoms with Crippen LogP contribution >= 0.6 is 0 Å². The highest BCUT2D eigenvalue weighted by molar-refractivity contribution is 7.89. The zero-order valence-corrected chi connectivity index (χ0v) is 20.8. The van der Waals surface area contributed by atoms with Gasteiger partial charge >= 0.3 is 0 Å². The van der Waals surface area contributed by atoms with E-state index in [-0.39, 0.29) is 19.2 Å². The molecule has 0 spiro atoms. The van der Waals surface area contributed by atoms with E-state index < -0.39 is 39.4 Å². The highest BCUT2D eigenvalue weighted by atomic mass is 32.2. The molecule has 2 N–H and O–H groups in total. The van der Waals surface area contributed by atoms with E-state index in [0.29, 0.717) is 50.0 Å². The second-order valence-electron chi connectivity index (χ2n) is 9.48. The Morgan fingerprint density at radius 2 is 1.89 bits per heavy atom. The van der Waals surface area contributed by atoms with Crippen molar-refractivity contribution in [1.82, 2.24) is 4.31 Å². The second kappa shape index (κ2) is 11.0. The first kappa shape index (κ1) is 26.2. The smallest absolute Gasteiger partial charge is 0.221 e. The van der Waals surface area contributed by atoms with Crippen molar-refractivity contribution in [1.29, 1.82) is 0 Å². The van der Waals surface area contributed by atoms with Gasteiger partial charge in [0, 0.05) is 44.2 Å². The minimum Gasteiger partial charge on any atom is -0.394 e. The first-order valence-corrected chi connectivity index (χ1v) is 13.6. The molecule has 0 aromatic heterocycles. The fourth-order valence-electron chi connectivity index (χ4n) is 5.00. The van der Waals surface area contributed by atoms with Gasteiger partial charge in [0.15, 0.2) is 0 Å². The summed E-state index contributed by atoms with van der Waals surface area (Å²) in [5.74, 6) is -0.496. The summed E-state index contributed by atoms with van der Waals surface area (Å²) in [5, 5.41) is 18.3. The molecular weight excluding hydrogens is 473 g/mol. The molecule has 0 aliphatic carbocycles. The largest absolute Gasteiger partial charge is 0.394 e. The fourth-order valence-corrected chi connectivity index (χ4v) is 7.19. The Bertz CT molecular complexity index is 1090. The fraction of sp³-hybridized carbons (Fsp3) is 0.538. The van der Waals surface area contributed by atoms with E-state index in [1.54, 1.807) is 12.1 Å². The molecule has 192 valence electrons. The lowest BCUT2D eigenvalue weighted by Crippen LogP contribution is -2.45. The molecule has 0 saturated carbocycles. The molecule has 0 radical (unpaired) electrons. The molecule has 0 bridgehead atoms. The van der Waals surface area contributed by atoms with Crippen molar-refractivity contribution < 1.29 is 32.5 Å². The summed E-state index contributed by atoms with van der Waals surface area (Å²) >= 11 is 0. The van der Waals surface area contributed by atoms with Gasteiger partial charge in [-0.15, -0.1) is 0 Å². The van der Waals surface area contributed by atoms with Gasteiger partial charge in [-0.3, -0.25) is 0 Å². The van der Waals surface area contributed by atoms with E-state index in [9.17, 15) is 13.5 Å². The molecular formula is C26H34FNO6S. The number of halogens is 1. The Hall–Kier alpha value is -1.88. The number of aliphatic hydroxyl groups is 2. The Morgan fingerprint density at radius 3 is 2.54 bits per heavy atom. The van der Waals surface area contributed by atoms with Crippen LogP contribution in [0.3, 0.4) is 0 Å². The van der Waals surface area contributed by atoms with Crippen LogP contribution in [0, 0.1) is 5.82 Å². The summed E-state index contributed by atoms with van der Waals surface area (Å²) in [6.45, 7) is 2.18. The van der Waals surface area contributed by atoms with Gasteiger partial charge in [0.05, 0.1) is 18.8 Å². The van der Waals surface area contributed by atoms with Gasteiger partial charge in [-0.05, 0) is 37.0 Å². The Morgan fingerprint density at radius 1 is 1.17 bits per heavy atom. The van der Waals surface area contributed by atoms with Gasteiger partial charge in [-0.25, -0.2) is 12.8 Å². The first-order valence-electron chi connectivity index (χ1n) is 12.1. The lowest BCUT2D eigenvalue weighted by Gasteiger charge is -2.39. The topological polar surface area (TPSA) is 96.3 Å². The molecule has 0 amide bonds. The summed E-state index contributed by atoms with van der Waals surface area (Å²) in [6, 6.07) is 13.7. The molecule has 2 aromatic rings. The highest BCUT2D eigenvalue weighted by Crippen LogP contribution is 2.40. The average molecular weight is 508 g/mol. The quantitative estimate of drug-likeness (QED) is 0.570. The maximum absolute atomic E-state index is 15.4. The summed E-state index contributed by atoms with van der Waals surface area (Å²) in [5.41, 5.74) is 0.833. The number of rotatable bonds is 8. The molecule has 3 atom stereocenters. The van der Waals surface area contributed by atoms with Gasteiger partial charge in [0.25, 0.3) is 0 Å². The van der Waals surface area contributed by atoms with Crippen molar-refractivity contribution in [2.75, 3.05) is 26.4 Å². The normalized spacial score (nSPS) is 25.3. The van der Waals surface area contributed by atoms with Crippen molar-refractivity contribution >= 4 is 10.0 Å². The van der Waals surface area contributed by atoms with Crippen molar-refractivity contribution in [3.63, 3.8) is 0 Å². The van der Waals surface area contributed by atoms with E-state index in [4.69, 9.17) is 14.6 Å². The number of aliphatic hydroxyl groups excluding tert-OH is 2. The summed E-state index contributed by atoms with van der Waals surface area (Å²) in [6.07, 6.45) is 1.18. The molecule has 35 heavy (non-hydrogen) atoms. The number of benzene rings is 2. The van der Waals surface area contributed by atoms with Gasteiger partial charge in [-0.2, -0.15) is 4.31 Å². The Kier molecular flexibility index (Phi) is 8.25. The van der Waals surface area contributed by atoms with Crippen molar-refractivity contribution in [2.45, 2.75) is 62.1 Å². The van der Waals surface area contributed by atoms with E-state index in [1.165, 1.54) is 10.4 Å². The molecule has 3 unspecified atom stereocenters. The number of ether oxygens (including phenoxy) is 2. The van der Waals surface area contributed by atoms with Gasteiger partial charge in [0.2, 0.25) is 10.0 Å². The number of hydrogen-bond donors (Lipinski definition) is 2. The second-order valence-corrected chi connectivity index (χ2v) is 11.5. The molecule has 2 aliphatic rings. The van der Waals surface area contributed by atoms with E-state index >= 15 is 4.39 Å². The summed E-state index contributed by atoms with van der Waals surface area (Å²) in [4.78, 5) is 0. The van der Waals surface area contributed by atoms with Crippen LogP contribution in [0.4, 0.5) is 4.39 Å². The maximum atomic E-state index is 15.4. The van der Waals surface area contributed by atoms with Crippen molar-refractivity contribution in [2.24, 2.45) is 0 Å². The Labute approximate surface area is 206 Å². The van der Waals surface area contributed by atoms with Crippen LogP contribution in [0.1, 0.15) is 54.5 Å². The monoisotopic (exact) mass is 507 g/mol. The third-order valence-corrected chi connectivity index (χ3v) is 9.53. The van der Waals surface area contributed by atoms with E-state index in [0.717, 1.165) is 5.56 Å². The van der Waals surface area contributed by atoms with Crippen LogP contribution in [0.15, 0.2) is 48.5 Å². The number of nitrogens with zero attached hydrogens (tertiary/aromatic N) is 1. The van der Waals surface area contributed by atoms with Crippen molar-refractivity contribution in [3.05, 3.63) is 71.0 Å². The number of sulfonamides is 1. The standard InChI is InChI=1S/C26H34FNO6S/c1-19-7-10-25(20-5-3-2-4-6-20)35(31,32)28(19)16-21-8-9-22(15-24(21)27)26(11-13-33-14-12-26)34-18-23(30)17-29/h2-6,8-9,15,19,23,25,29-30H,7,10-14,16-18H2,1H3. The van der Waals surface area contributed by atoms with Crippen LogP contribution in [0.25, 0.3) is 0 Å². The lowest BCUT2D eigenvalue weighted by atomic mass is 9.85. The number of hydrogen-bond acceptors (Lipinski definition) is 6. The SMILES string of the molecule is CC1CCC(c2ccccc2)S(=O)(=O)N1Cc1ccc(C2(OCC(O)CO)CCOCC2)cc1F. The maximum Gasteiger partial charge on any atom is 0.221 e. The van der Waals surface area contributed by atoms with Gasteiger partial charge in [-0.1, -0.05) is 42.5 Å². The minimum atomic E-state index is -3.67. The van der Waals surface area contributed by atoms with Crippen LogP contribution < -0.4 is 0 Å². The van der Waals surface area contributed by atoms with Gasteiger partial charge in [0.1, 0.15) is 17.2 Å². The first-order chi connectivity index (χ1) is 16.8. The molecule has 2 saturated heterocycles. The predicted molar refractivity (Wildman–Crippen MR) is 130 cm³/mol. The van der Waals surface area contributed by atoms with E-state index in [2.05, 4.69) is 0 Å². The molecule has 2 fully saturated rings. The predicted octanol–water partition coefficient (Wildman–Crippen LogP) is 3.26. The zero-order chi connectivity index (χ0) is 25.1. The molecule has 2 heterocycles. The molecule has 4 rings (SSSR count). The molecule has 2 aromatic carbocycles. The van der Waals surface area contributed by atoms with Crippen LogP contribution in [-0.4, -0.2) is 61.5 Å². The zero-order valence-electron chi connectivity index (χ0n) is 20.0. The lowest BCUT2D eigenvalue weighted by molar-refractivity contribution is -0.139. The minimum absolute atomic E-state index is 0.0425. The van der Waals surface area contributed by atoms with Crippen LogP contribution in [0.2, 0.25) is 0 Å². The van der Waals surface area contributed by atoms with Crippen LogP contribution in [0.5, 0.6) is 0 Å². The third kappa shape index (κ3) is 5.60. The average Bonchev–Trinajstić information content (AvgIpc) is 2.86. The summed E-state index contributed by atoms with van der Waals surface area (Å²) in [7, 11) is -3.67. The summed E-state index contributed by atoms with van der Waals surface area (Å²) < 4.78 is 55.3. The Balaban J connectivity index is 1.58.